The Bertz CT molecular complexity index is 584. The number of hydrogen-bond acceptors (Lipinski definition) is 6. The fraction of sp³-hybridized carbons (Fsp3) is 0.600. The number of aromatic nitrogens is 2. The maximum atomic E-state index is 11.9. The summed E-state index contributed by atoms with van der Waals surface area (Å²) >= 11 is 5.78. The predicted molar refractivity (Wildman–Crippen MR) is 62.7 cm³/mol. The van der Waals surface area contributed by atoms with Gasteiger partial charge in [0.05, 0.1) is 24.7 Å². The molecule has 1 atom stereocenters. The summed E-state index contributed by atoms with van der Waals surface area (Å²) in [4.78, 5) is 7.95. The maximum absolute atomic E-state index is 11.9. The zero-order valence-electron chi connectivity index (χ0n) is 9.43. The molecule has 0 radical (unpaired) electrons. The smallest absolute Gasteiger partial charge is 0.237 e. The van der Waals surface area contributed by atoms with Crippen LogP contribution in [0.25, 0.3) is 0 Å². The van der Waals surface area contributed by atoms with Crippen molar-refractivity contribution in [2.24, 2.45) is 0 Å². The molecule has 2 aliphatic rings. The molecule has 1 fully saturated rings. The highest BCUT2D eigenvalue weighted by atomic mass is 35.5. The Morgan fingerprint density at radius 2 is 2.22 bits per heavy atom. The van der Waals surface area contributed by atoms with Gasteiger partial charge in [-0.1, -0.05) is 0 Å². The molecule has 0 aromatic carbocycles. The second-order valence-corrected chi connectivity index (χ2v) is 6.63. The molecular formula is C10H11ClN2O4S. The zero-order chi connectivity index (χ0) is 12.8. The lowest BCUT2D eigenvalue weighted by Crippen LogP contribution is -2.18. The minimum absolute atomic E-state index is 0.0137. The van der Waals surface area contributed by atoms with Crippen LogP contribution in [0.5, 0.6) is 5.88 Å². The first kappa shape index (κ1) is 12.1. The Labute approximate surface area is 109 Å². The molecule has 3 heterocycles. The third-order valence-electron chi connectivity index (χ3n) is 2.96. The van der Waals surface area contributed by atoms with Gasteiger partial charge >= 0.3 is 0 Å². The standard InChI is InChI=1S/C10H11ClN2O4S/c11-10-12-7-2-4-18(14,15)8(7)9(13-10)17-6-1-3-16-5-6/h6H,1-5H2. The molecule has 3 rings (SSSR count). The number of ether oxygens (including phenoxy) is 2. The Balaban J connectivity index is 2.03. The molecule has 1 unspecified atom stereocenters. The van der Waals surface area contributed by atoms with Gasteiger partial charge in [-0.25, -0.2) is 13.4 Å². The van der Waals surface area contributed by atoms with Crippen LogP contribution in [0.4, 0.5) is 0 Å². The molecule has 6 nitrogen and oxygen atoms in total. The molecule has 0 spiro atoms. The van der Waals surface area contributed by atoms with Crippen molar-refractivity contribution >= 4 is 21.4 Å². The number of nitrogens with zero attached hydrogens (tertiary/aromatic N) is 2. The molecule has 18 heavy (non-hydrogen) atoms. The first-order valence-corrected chi connectivity index (χ1v) is 7.63. The first-order valence-electron chi connectivity index (χ1n) is 5.60. The van der Waals surface area contributed by atoms with Crippen LogP contribution in [0, 0.1) is 0 Å². The summed E-state index contributed by atoms with van der Waals surface area (Å²) < 4.78 is 34.6. The normalized spacial score (nSPS) is 25.1. The van der Waals surface area contributed by atoms with Crippen LogP contribution in [-0.4, -0.2) is 43.5 Å². The summed E-state index contributed by atoms with van der Waals surface area (Å²) in [6, 6.07) is 0. The van der Waals surface area contributed by atoms with Crippen molar-refractivity contribution in [3.05, 3.63) is 11.0 Å². The predicted octanol–water partition coefficient (Wildman–Crippen LogP) is 0.628. The van der Waals surface area contributed by atoms with Gasteiger partial charge in [-0.2, -0.15) is 4.98 Å². The van der Waals surface area contributed by atoms with Crippen molar-refractivity contribution in [1.82, 2.24) is 9.97 Å². The minimum atomic E-state index is -3.34. The van der Waals surface area contributed by atoms with Gasteiger partial charge in [0.1, 0.15) is 6.10 Å². The molecule has 0 saturated carbocycles. The van der Waals surface area contributed by atoms with Crippen LogP contribution < -0.4 is 4.74 Å². The van der Waals surface area contributed by atoms with Gasteiger partial charge in [0.15, 0.2) is 14.7 Å². The van der Waals surface area contributed by atoms with E-state index in [9.17, 15) is 8.42 Å². The van der Waals surface area contributed by atoms with Crippen LogP contribution in [0.3, 0.4) is 0 Å². The van der Waals surface area contributed by atoms with Crippen LogP contribution in [0.2, 0.25) is 5.28 Å². The van der Waals surface area contributed by atoms with Crippen LogP contribution in [-0.2, 0) is 21.0 Å². The summed E-state index contributed by atoms with van der Waals surface area (Å²) in [7, 11) is -3.34. The maximum Gasteiger partial charge on any atom is 0.237 e. The van der Waals surface area contributed by atoms with E-state index in [1.807, 2.05) is 0 Å². The summed E-state index contributed by atoms with van der Waals surface area (Å²) in [5.41, 5.74) is 0.448. The van der Waals surface area contributed by atoms with E-state index in [0.29, 0.717) is 25.3 Å². The Kier molecular flexibility index (Phi) is 2.91. The van der Waals surface area contributed by atoms with Gasteiger partial charge in [-0.15, -0.1) is 0 Å². The lowest BCUT2D eigenvalue weighted by Gasteiger charge is -2.13. The number of halogens is 1. The van der Waals surface area contributed by atoms with Gasteiger partial charge in [-0.3, -0.25) is 0 Å². The van der Waals surface area contributed by atoms with Crippen molar-refractivity contribution in [1.29, 1.82) is 0 Å². The molecule has 0 aliphatic carbocycles. The largest absolute Gasteiger partial charge is 0.471 e. The molecule has 1 aromatic heterocycles. The molecule has 0 amide bonds. The average molecular weight is 291 g/mol. The number of hydrogen-bond donors (Lipinski definition) is 0. The van der Waals surface area contributed by atoms with Crippen molar-refractivity contribution < 1.29 is 17.9 Å². The molecule has 0 N–H and O–H groups in total. The van der Waals surface area contributed by atoms with E-state index < -0.39 is 9.84 Å². The highest BCUT2D eigenvalue weighted by Gasteiger charge is 2.34. The molecule has 0 bridgehead atoms. The second kappa shape index (κ2) is 4.32. The summed E-state index contributed by atoms with van der Waals surface area (Å²) in [6.45, 7) is 1.05. The molecular weight excluding hydrogens is 280 g/mol. The topological polar surface area (TPSA) is 78.4 Å². The van der Waals surface area contributed by atoms with Gasteiger partial charge in [0.2, 0.25) is 11.2 Å². The quantitative estimate of drug-likeness (QED) is 0.743. The lowest BCUT2D eigenvalue weighted by molar-refractivity contribution is 0.135. The van der Waals surface area contributed by atoms with Crippen molar-refractivity contribution in [2.45, 2.75) is 23.8 Å². The molecule has 1 aromatic rings. The summed E-state index contributed by atoms with van der Waals surface area (Å²) in [5.74, 6) is 0.104. The monoisotopic (exact) mass is 290 g/mol. The third kappa shape index (κ3) is 2.06. The van der Waals surface area contributed by atoms with Gasteiger partial charge in [0, 0.05) is 12.8 Å². The second-order valence-electron chi connectivity index (χ2n) is 4.25. The van der Waals surface area contributed by atoms with Gasteiger partial charge < -0.3 is 9.47 Å². The van der Waals surface area contributed by atoms with E-state index in [4.69, 9.17) is 21.1 Å². The summed E-state index contributed by atoms with van der Waals surface area (Å²) in [5, 5.41) is 0.0137. The number of rotatable bonds is 2. The number of aryl methyl sites for hydroxylation is 1. The third-order valence-corrected chi connectivity index (χ3v) is 4.91. The average Bonchev–Trinajstić information content (AvgIpc) is 2.87. The fourth-order valence-electron chi connectivity index (χ4n) is 2.10. The van der Waals surface area contributed by atoms with Crippen LogP contribution in [0.1, 0.15) is 12.1 Å². The van der Waals surface area contributed by atoms with E-state index in [-0.39, 0.29) is 27.9 Å². The van der Waals surface area contributed by atoms with Gasteiger partial charge in [-0.05, 0) is 11.6 Å². The van der Waals surface area contributed by atoms with E-state index in [1.54, 1.807) is 0 Å². The molecule has 1 saturated heterocycles. The van der Waals surface area contributed by atoms with Crippen LogP contribution in [0.15, 0.2) is 4.90 Å². The fourth-order valence-corrected chi connectivity index (χ4v) is 3.82. The SMILES string of the molecule is O=S1(=O)CCc2nc(Cl)nc(OC3CCOC3)c21. The summed E-state index contributed by atoms with van der Waals surface area (Å²) in [6.07, 6.45) is 0.907. The lowest BCUT2D eigenvalue weighted by atomic mass is 10.3. The van der Waals surface area contributed by atoms with E-state index in [2.05, 4.69) is 9.97 Å². The van der Waals surface area contributed by atoms with Crippen molar-refractivity contribution in [3.8, 4) is 5.88 Å². The Morgan fingerprint density at radius 3 is 2.94 bits per heavy atom. The van der Waals surface area contributed by atoms with Crippen LogP contribution >= 0.6 is 11.6 Å². The highest BCUT2D eigenvalue weighted by Crippen LogP contribution is 2.33. The number of fused-ring (bicyclic) bond motifs is 1. The highest BCUT2D eigenvalue weighted by molar-refractivity contribution is 7.91. The Morgan fingerprint density at radius 1 is 1.39 bits per heavy atom. The van der Waals surface area contributed by atoms with E-state index in [0.717, 1.165) is 6.42 Å². The zero-order valence-corrected chi connectivity index (χ0v) is 11.0. The Hall–Kier alpha value is -0.920. The van der Waals surface area contributed by atoms with E-state index >= 15 is 0 Å². The van der Waals surface area contributed by atoms with E-state index in [1.165, 1.54) is 0 Å². The molecule has 2 aliphatic heterocycles. The number of sulfone groups is 1. The first-order chi connectivity index (χ1) is 8.56. The van der Waals surface area contributed by atoms with Gasteiger partial charge in [0.25, 0.3) is 0 Å². The van der Waals surface area contributed by atoms with Crippen molar-refractivity contribution in [2.75, 3.05) is 19.0 Å². The molecule has 8 heteroatoms. The minimum Gasteiger partial charge on any atom is -0.471 e. The van der Waals surface area contributed by atoms with Crippen molar-refractivity contribution in [3.63, 3.8) is 0 Å². The molecule has 98 valence electrons.